The predicted octanol–water partition coefficient (Wildman–Crippen LogP) is 2.62. The number of esters is 1. The van der Waals surface area contributed by atoms with E-state index in [9.17, 15) is 9.18 Å². The minimum Gasteiger partial charge on any atom is -0.462 e. The van der Waals surface area contributed by atoms with Crippen molar-refractivity contribution in [2.75, 3.05) is 25.6 Å². The summed E-state index contributed by atoms with van der Waals surface area (Å²) in [6, 6.07) is 4.32. The number of hydrogen-bond donors (Lipinski definition) is 0. The smallest absolute Gasteiger partial charge is 0.341 e. The van der Waals surface area contributed by atoms with Crippen LogP contribution in [0, 0.1) is 5.82 Å². The van der Waals surface area contributed by atoms with Crippen LogP contribution in [-0.4, -0.2) is 31.7 Å². The number of rotatable bonds is 3. The summed E-state index contributed by atoms with van der Waals surface area (Å²) in [5, 5.41) is 0.719. The van der Waals surface area contributed by atoms with Gasteiger partial charge in [0.05, 0.1) is 17.8 Å². The number of carbonyl (C=O) groups excluding carboxylic acids is 1. The third-order valence-electron chi connectivity index (χ3n) is 2.75. The van der Waals surface area contributed by atoms with Gasteiger partial charge in [-0.15, -0.1) is 0 Å². The molecule has 0 N–H and O–H groups in total. The van der Waals surface area contributed by atoms with Crippen molar-refractivity contribution in [3.63, 3.8) is 0 Å². The number of anilines is 1. The number of ether oxygens (including phenoxy) is 1. The van der Waals surface area contributed by atoms with Gasteiger partial charge in [0.2, 0.25) is 0 Å². The topological polar surface area (TPSA) is 42.4 Å². The molecule has 2 aromatic rings. The lowest BCUT2D eigenvalue weighted by molar-refractivity contribution is 0.0527. The Morgan fingerprint density at radius 2 is 2.16 bits per heavy atom. The second-order valence-corrected chi connectivity index (χ2v) is 4.30. The van der Waals surface area contributed by atoms with Gasteiger partial charge in [-0.2, -0.15) is 0 Å². The molecule has 0 fully saturated rings. The molecule has 5 heteroatoms. The van der Waals surface area contributed by atoms with Crippen LogP contribution in [0.3, 0.4) is 0 Å². The van der Waals surface area contributed by atoms with Gasteiger partial charge in [0, 0.05) is 31.7 Å². The van der Waals surface area contributed by atoms with Crippen molar-refractivity contribution >= 4 is 22.6 Å². The normalized spacial score (nSPS) is 10.5. The Labute approximate surface area is 110 Å². The highest BCUT2D eigenvalue weighted by molar-refractivity contribution is 6.05. The first-order chi connectivity index (χ1) is 9.04. The van der Waals surface area contributed by atoms with Crippen molar-refractivity contribution in [1.82, 2.24) is 4.98 Å². The molecule has 0 bridgehead atoms. The molecule has 0 aliphatic carbocycles. The highest BCUT2D eigenvalue weighted by Gasteiger charge is 2.18. The van der Waals surface area contributed by atoms with Gasteiger partial charge in [-0.05, 0) is 19.1 Å². The van der Waals surface area contributed by atoms with Crippen molar-refractivity contribution in [3.05, 3.63) is 35.8 Å². The summed E-state index contributed by atoms with van der Waals surface area (Å²) in [5.41, 5.74) is 1.58. The van der Waals surface area contributed by atoms with Gasteiger partial charge in [-0.3, -0.25) is 4.98 Å². The van der Waals surface area contributed by atoms with E-state index in [1.165, 1.54) is 18.3 Å². The molecule has 0 saturated heterocycles. The average Bonchev–Trinajstić information content (AvgIpc) is 2.37. The standard InChI is InChI=1S/C14H15FN2O2/c1-4-19-14(18)11-8-16-12-7-9(15)5-6-10(12)13(11)17(2)3/h5-8H,4H2,1-3H3. The van der Waals surface area contributed by atoms with Crippen LogP contribution in [0.2, 0.25) is 0 Å². The van der Waals surface area contributed by atoms with Crippen LogP contribution >= 0.6 is 0 Å². The fourth-order valence-electron chi connectivity index (χ4n) is 1.99. The number of aromatic nitrogens is 1. The van der Waals surface area contributed by atoms with E-state index < -0.39 is 5.97 Å². The lowest BCUT2D eigenvalue weighted by Gasteiger charge is -2.18. The Morgan fingerprint density at radius 1 is 1.42 bits per heavy atom. The molecule has 100 valence electrons. The average molecular weight is 262 g/mol. The van der Waals surface area contributed by atoms with E-state index in [0.29, 0.717) is 23.4 Å². The monoisotopic (exact) mass is 262 g/mol. The highest BCUT2D eigenvalue weighted by Crippen LogP contribution is 2.29. The molecule has 4 nitrogen and oxygen atoms in total. The summed E-state index contributed by atoms with van der Waals surface area (Å²) >= 11 is 0. The summed E-state index contributed by atoms with van der Waals surface area (Å²) in [7, 11) is 3.64. The van der Waals surface area contributed by atoms with E-state index in [1.54, 1.807) is 17.9 Å². The number of fused-ring (bicyclic) bond motifs is 1. The highest BCUT2D eigenvalue weighted by atomic mass is 19.1. The van der Waals surface area contributed by atoms with E-state index in [2.05, 4.69) is 4.98 Å². The number of pyridine rings is 1. The van der Waals surface area contributed by atoms with Gasteiger partial charge in [0.25, 0.3) is 0 Å². The van der Waals surface area contributed by atoms with Crippen molar-refractivity contribution in [2.24, 2.45) is 0 Å². The van der Waals surface area contributed by atoms with Crippen LogP contribution in [0.25, 0.3) is 10.9 Å². The second-order valence-electron chi connectivity index (χ2n) is 4.30. The molecule has 0 saturated carbocycles. The molecule has 0 aliphatic rings. The number of halogens is 1. The molecule has 1 aromatic heterocycles. The van der Waals surface area contributed by atoms with Crippen molar-refractivity contribution in [2.45, 2.75) is 6.92 Å². The Hall–Kier alpha value is -2.17. The minimum atomic E-state index is -0.426. The van der Waals surface area contributed by atoms with Crippen LogP contribution in [-0.2, 0) is 4.74 Å². The summed E-state index contributed by atoms with van der Waals surface area (Å²) < 4.78 is 18.2. The molecule has 2 rings (SSSR count). The maximum Gasteiger partial charge on any atom is 0.341 e. The Morgan fingerprint density at radius 3 is 2.79 bits per heavy atom. The maximum absolute atomic E-state index is 13.2. The molecule has 0 spiro atoms. The zero-order valence-corrected chi connectivity index (χ0v) is 11.1. The number of benzene rings is 1. The van der Waals surface area contributed by atoms with Gasteiger partial charge in [0.15, 0.2) is 0 Å². The molecule has 0 unspecified atom stereocenters. The van der Waals surface area contributed by atoms with Crippen LogP contribution in [0.1, 0.15) is 17.3 Å². The van der Waals surface area contributed by atoms with Gasteiger partial charge in [-0.1, -0.05) is 0 Å². The van der Waals surface area contributed by atoms with Gasteiger partial charge >= 0.3 is 5.97 Å². The van der Waals surface area contributed by atoms with E-state index in [4.69, 9.17) is 4.74 Å². The van der Waals surface area contributed by atoms with Gasteiger partial charge < -0.3 is 9.64 Å². The maximum atomic E-state index is 13.2. The zero-order chi connectivity index (χ0) is 14.0. The largest absolute Gasteiger partial charge is 0.462 e. The summed E-state index contributed by atoms with van der Waals surface area (Å²) in [6.07, 6.45) is 1.43. The predicted molar refractivity (Wildman–Crippen MR) is 72.0 cm³/mol. The Kier molecular flexibility index (Phi) is 3.64. The van der Waals surface area contributed by atoms with Crippen LogP contribution in [0.4, 0.5) is 10.1 Å². The first kappa shape index (κ1) is 13.3. The summed E-state index contributed by atoms with van der Waals surface area (Å²) in [4.78, 5) is 17.8. The molecule has 19 heavy (non-hydrogen) atoms. The Balaban J connectivity index is 2.69. The third kappa shape index (κ3) is 2.50. The summed E-state index contributed by atoms with van der Waals surface area (Å²) in [5.74, 6) is -0.779. The van der Waals surface area contributed by atoms with E-state index in [-0.39, 0.29) is 5.82 Å². The molecular formula is C14H15FN2O2. The fraction of sp³-hybridized carbons (Fsp3) is 0.286. The number of carbonyl (C=O) groups is 1. The van der Waals surface area contributed by atoms with Crippen molar-refractivity contribution in [1.29, 1.82) is 0 Å². The fourth-order valence-corrected chi connectivity index (χ4v) is 1.99. The van der Waals surface area contributed by atoms with Crippen LogP contribution < -0.4 is 4.90 Å². The first-order valence-electron chi connectivity index (χ1n) is 5.97. The second kappa shape index (κ2) is 5.22. The van der Waals surface area contributed by atoms with Gasteiger partial charge in [0.1, 0.15) is 11.4 Å². The van der Waals surface area contributed by atoms with Crippen LogP contribution in [0.5, 0.6) is 0 Å². The summed E-state index contributed by atoms with van der Waals surface area (Å²) in [6.45, 7) is 2.05. The third-order valence-corrected chi connectivity index (χ3v) is 2.75. The van der Waals surface area contributed by atoms with Crippen LogP contribution in [0.15, 0.2) is 24.4 Å². The number of nitrogens with zero attached hydrogens (tertiary/aromatic N) is 2. The van der Waals surface area contributed by atoms with E-state index >= 15 is 0 Å². The molecule has 0 aliphatic heterocycles. The molecule has 1 heterocycles. The SMILES string of the molecule is CCOC(=O)c1cnc2cc(F)ccc2c1N(C)C. The van der Waals surface area contributed by atoms with E-state index in [1.807, 2.05) is 14.1 Å². The molecular weight excluding hydrogens is 247 g/mol. The van der Waals surface area contributed by atoms with Gasteiger partial charge in [-0.25, -0.2) is 9.18 Å². The molecule has 1 aromatic carbocycles. The lowest BCUT2D eigenvalue weighted by atomic mass is 10.1. The quantitative estimate of drug-likeness (QED) is 0.797. The molecule has 0 atom stereocenters. The molecule has 0 radical (unpaired) electrons. The van der Waals surface area contributed by atoms with Crippen molar-refractivity contribution < 1.29 is 13.9 Å². The van der Waals surface area contributed by atoms with E-state index in [0.717, 1.165) is 5.39 Å². The first-order valence-corrected chi connectivity index (χ1v) is 5.97. The lowest BCUT2D eigenvalue weighted by Crippen LogP contribution is -2.16. The number of hydrogen-bond acceptors (Lipinski definition) is 4. The minimum absolute atomic E-state index is 0.299. The molecule has 0 amide bonds. The Bertz CT molecular complexity index is 626. The van der Waals surface area contributed by atoms with Crippen molar-refractivity contribution in [3.8, 4) is 0 Å². The zero-order valence-electron chi connectivity index (χ0n) is 11.1.